The second kappa shape index (κ2) is 12.7. The number of hydrogen-bond acceptors (Lipinski definition) is 7. The number of carbonyl (C=O) groups is 2. The van der Waals surface area contributed by atoms with Gasteiger partial charge >= 0.3 is 5.97 Å². The number of hydrazone groups is 1. The van der Waals surface area contributed by atoms with Crippen molar-refractivity contribution in [2.45, 2.75) is 6.61 Å². The quantitative estimate of drug-likeness (QED) is 0.135. The smallest absolute Gasteiger partial charge is 0.343 e. The Kier molecular flexibility index (Phi) is 8.70. The van der Waals surface area contributed by atoms with E-state index in [0.29, 0.717) is 40.5 Å². The van der Waals surface area contributed by atoms with Crippen LogP contribution in [-0.4, -0.2) is 32.3 Å². The Balaban J connectivity index is 1.32. The van der Waals surface area contributed by atoms with Gasteiger partial charge in [0.2, 0.25) is 0 Å². The minimum absolute atomic E-state index is 0.254. The number of amides is 1. The summed E-state index contributed by atoms with van der Waals surface area (Å²) in [5.74, 6) is 0.995. The van der Waals surface area contributed by atoms with Crippen LogP contribution < -0.4 is 24.4 Å². The molecule has 0 aliphatic carbocycles. The molecule has 0 saturated heterocycles. The van der Waals surface area contributed by atoms with Gasteiger partial charge in [0.15, 0.2) is 11.5 Å². The van der Waals surface area contributed by atoms with Gasteiger partial charge in [0.1, 0.15) is 18.1 Å². The third-order valence-electron chi connectivity index (χ3n) is 5.46. The lowest BCUT2D eigenvalue weighted by molar-refractivity contribution is 0.0729. The van der Waals surface area contributed by atoms with E-state index >= 15 is 0 Å². The molecule has 0 aliphatic rings. The van der Waals surface area contributed by atoms with Gasteiger partial charge in [0.05, 0.1) is 26.0 Å². The van der Waals surface area contributed by atoms with E-state index < -0.39 is 5.97 Å². The lowest BCUT2D eigenvalue weighted by Crippen LogP contribution is -2.17. The van der Waals surface area contributed by atoms with Crippen LogP contribution in [0.15, 0.2) is 102 Å². The molecule has 0 heterocycles. The first-order valence-corrected chi connectivity index (χ1v) is 11.7. The highest BCUT2D eigenvalue weighted by Gasteiger charge is 2.13. The first kappa shape index (κ1) is 26.0. The fraction of sp³-hybridized carbons (Fsp3) is 0.100. The Morgan fingerprint density at radius 2 is 1.45 bits per heavy atom. The third kappa shape index (κ3) is 6.98. The predicted molar refractivity (Wildman–Crippen MR) is 143 cm³/mol. The van der Waals surface area contributed by atoms with Crippen molar-refractivity contribution in [3.63, 3.8) is 0 Å². The topological polar surface area (TPSA) is 95.5 Å². The van der Waals surface area contributed by atoms with E-state index in [9.17, 15) is 9.59 Å². The summed E-state index contributed by atoms with van der Waals surface area (Å²) in [5.41, 5.74) is 5.00. The van der Waals surface area contributed by atoms with Crippen molar-refractivity contribution >= 4 is 18.1 Å². The van der Waals surface area contributed by atoms with Crippen LogP contribution >= 0.6 is 0 Å². The van der Waals surface area contributed by atoms with E-state index in [1.807, 2.05) is 30.3 Å². The van der Waals surface area contributed by atoms with Crippen LogP contribution in [0.5, 0.6) is 23.0 Å². The summed E-state index contributed by atoms with van der Waals surface area (Å²) in [6.07, 6.45) is 1.47. The summed E-state index contributed by atoms with van der Waals surface area (Å²) < 4.78 is 21.7. The van der Waals surface area contributed by atoms with Crippen molar-refractivity contribution < 1.29 is 28.5 Å². The van der Waals surface area contributed by atoms with Gasteiger partial charge in [-0.05, 0) is 77.9 Å². The predicted octanol–water partition coefficient (Wildman–Crippen LogP) is 5.27. The number of nitrogens with one attached hydrogen (secondary N) is 1. The molecule has 0 radical (unpaired) electrons. The Labute approximate surface area is 220 Å². The molecule has 1 amide bonds. The van der Waals surface area contributed by atoms with Crippen molar-refractivity contribution in [1.29, 1.82) is 0 Å². The van der Waals surface area contributed by atoms with Crippen LogP contribution in [0, 0.1) is 0 Å². The van der Waals surface area contributed by atoms with E-state index in [0.717, 1.165) is 5.56 Å². The number of ether oxygens (including phenoxy) is 4. The Morgan fingerprint density at radius 3 is 2.13 bits per heavy atom. The second-order valence-electron chi connectivity index (χ2n) is 8.03. The summed E-state index contributed by atoms with van der Waals surface area (Å²) >= 11 is 0. The number of hydrogen-bond donors (Lipinski definition) is 1. The monoisotopic (exact) mass is 510 g/mol. The van der Waals surface area contributed by atoms with Gasteiger partial charge in [0, 0.05) is 5.56 Å². The molecule has 0 fully saturated rings. The molecule has 8 heteroatoms. The fourth-order valence-corrected chi connectivity index (χ4v) is 3.41. The van der Waals surface area contributed by atoms with Crippen LogP contribution in [-0.2, 0) is 6.61 Å². The molecular weight excluding hydrogens is 484 g/mol. The maximum absolute atomic E-state index is 12.5. The van der Waals surface area contributed by atoms with E-state index in [1.165, 1.54) is 13.3 Å². The van der Waals surface area contributed by atoms with Crippen molar-refractivity contribution in [3.8, 4) is 23.0 Å². The standard InChI is InChI=1S/C30H26N2O6/c1-35-25-13-11-24(12-14-25)30(34)38-27-17-8-22(18-28(27)36-2)19-31-32-29(33)23-9-15-26(16-10-23)37-20-21-6-4-3-5-7-21/h3-19H,20H2,1-2H3,(H,32,33). The van der Waals surface area contributed by atoms with Gasteiger partial charge in [-0.2, -0.15) is 5.10 Å². The van der Waals surface area contributed by atoms with Gasteiger partial charge in [-0.25, -0.2) is 10.2 Å². The first-order valence-electron chi connectivity index (χ1n) is 11.7. The highest BCUT2D eigenvalue weighted by Crippen LogP contribution is 2.28. The number of esters is 1. The second-order valence-corrected chi connectivity index (χ2v) is 8.03. The lowest BCUT2D eigenvalue weighted by atomic mass is 10.2. The van der Waals surface area contributed by atoms with Crippen molar-refractivity contribution in [3.05, 3.63) is 119 Å². The fourth-order valence-electron chi connectivity index (χ4n) is 3.41. The summed E-state index contributed by atoms with van der Waals surface area (Å²) in [4.78, 5) is 24.9. The molecule has 8 nitrogen and oxygen atoms in total. The van der Waals surface area contributed by atoms with Crippen LogP contribution in [0.2, 0.25) is 0 Å². The molecule has 0 spiro atoms. The van der Waals surface area contributed by atoms with Crippen LogP contribution in [0.25, 0.3) is 0 Å². The van der Waals surface area contributed by atoms with Crippen LogP contribution in [0.1, 0.15) is 31.8 Å². The molecule has 0 saturated carbocycles. The zero-order chi connectivity index (χ0) is 26.7. The average Bonchev–Trinajstić information content (AvgIpc) is 2.97. The van der Waals surface area contributed by atoms with Crippen LogP contribution in [0.3, 0.4) is 0 Å². The number of carbonyl (C=O) groups excluding carboxylic acids is 2. The van der Waals surface area contributed by atoms with Gasteiger partial charge in [-0.1, -0.05) is 30.3 Å². The van der Waals surface area contributed by atoms with E-state index in [2.05, 4.69) is 10.5 Å². The summed E-state index contributed by atoms with van der Waals surface area (Å²) in [6, 6.07) is 28.1. The third-order valence-corrected chi connectivity index (χ3v) is 5.46. The molecule has 0 bridgehead atoms. The summed E-state index contributed by atoms with van der Waals surface area (Å²) in [5, 5.41) is 4.02. The molecule has 0 unspecified atom stereocenters. The first-order chi connectivity index (χ1) is 18.6. The van der Waals surface area contributed by atoms with Gasteiger partial charge in [-0.3, -0.25) is 4.79 Å². The highest BCUT2D eigenvalue weighted by molar-refractivity contribution is 5.95. The summed E-state index contributed by atoms with van der Waals surface area (Å²) in [6.45, 7) is 0.444. The minimum atomic E-state index is -0.531. The highest BCUT2D eigenvalue weighted by atomic mass is 16.6. The number of benzene rings is 4. The maximum Gasteiger partial charge on any atom is 0.343 e. The zero-order valence-corrected chi connectivity index (χ0v) is 20.9. The molecule has 0 aromatic heterocycles. The molecule has 38 heavy (non-hydrogen) atoms. The van der Waals surface area contributed by atoms with Crippen molar-refractivity contribution in [2.75, 3.05) is 14.2 Å². The van der Waals surface area contributed by atoms with E-state index in [4.69, 9.17) is 18.9 Å². The zero-order valence-electron chi connectivity index (χ0n) is 20.9. The normalized spacial score (nSPS) is 10.6. The SMILES string of the molecule is COc1ccc(C(=O)Oc2ccc(C=NNC(=O)c3ccc(OCc4ccccc4)cc3)cc2OC)cc1. The van der Waals surface area contributed by atoms with Gasteiger partial charge < -0.3 is 18.9 Å². The molecule has 4 aromatic carbocycles. The van der Waals surface area contributed by atoms with Gasteiger partial charge in [-0.15, -0.1) is 0 Å². The Hall–Kier alpha value is -5.11. The average molecular weight is 511 g/mol. The molecular formula is C30H26N2O6. The van der Waals surface area contributed by atoms with Crippen molar-refractivity contribution in [2.24, 2.45) is 5.10 Å². The Morgan fingerprint density at radius 1 is 0.763 bits per heavy atom. The molecule has 4 rings (SSSR count). The number of methoxy groups -OCH3 is 2. The van der Waals surface area contributed by atoms with E-state index in [1.54, 1.807) is 73.8 Å². The largest absolute Gasteiger partial charge is 0.497 e. The lowest BCUT2D eigenvalue weighted by Gasteiger charge is -2.10. The maximum atomic E-state index is 12.5. The molecule has 4 aromatic rings. The summed E-state index contributed by atoms with van der Waals surface area (Å²) in [7, 11) is 3.02. The molecule has 1 N–H and O–H groups in total. The Bertz CT molecular complexity index is 1400. The minimum Gasteiger partial charge on any atom is -0.497 e. The molecule has 192 valence electrons. The number of rotatable bonds is 10. The van der Waals surface area contributed by atoms with Crippen molar-refractivity contribution in [1.82, 2.24) is 5.43 Å². The van der Waals surface area contributed by atoms with Gasteiger partial charge in [0.25, 0.3) is 5.91 Å². The van der Waals surface area contributed by atoms with Crippen LogP contribution in [0.4, 0.5) is 0 Å². The molecule has 0 aliphatic heterocycles. The number of nitrogens with zero attached hydrogens (tertiary/aromatic N) is 1. The van der Waals surface area contributed by atoms with E-state index in [-0.39, 0.29) is 11.7 Å². The molecule has 0 atom stereocenters.